The van der Waals surface area contributed by atoms with Crippen LogP contribution in [0.25, 0.3) is 21.6 Å². The van der Waals surface area contributed by atoms with E-state index in [9.17, 15) is 19.5 Å². The molecular weight excluding hydrogens is 604 g/mol. The molecule has 2 fully saturated rings. The minimum absolute atomic E-state index is 0.194. The molecule has 0 bridgehead atoms. The van der Waals surface area contributed by atoms with E-state index in [0.29, 0.717) is 36.6 Å². The van der Waals surface area contributed by atoms with E-state index in [1.54, 1.807) is 7.11 Å². The number of hydrogen-bond acceptors (Lipinski definition) is 8. The molecule has 0 radical (unpaired) electrons. The van der Waals surface area contributed by atoms with Crippen LogP contribution < -0.4 is 20.1 Å². The Kier molecular flexibility index (Phi) is 9.05. The lowest BCUT2D eigenvalue weighted by Crippen LogP contribution is -2.49. The van der Waals surface area contributed by atoms with Crippen molar-refractivity contribution >= 4 is 40.0 Å². The van der Waals surface area contributed by atoms with E-state index in [-0.39, 0.29) is 24.2 Å². The Morgan fingerprint density at radius 3 is 2.59 bits per heavy atom. The number of amides is 2. The highest BCUT2D eigenvalue weighted by atomic mass is 32.1. The highest BCUT2D eigenvalue weighted by molar-refractivity contribution is 7.13. The second-order valence-corrected chi connectivity index (χ2v) is 14.0. The summed E-state index contributed by atoms with van der Waals surface area (Å²) >= 11 is 1.53. The van der Waals surface area contributed by atoms with Crippen LogP contribution in [0.3, 0.4) is 0 Å². The number of allylic oxidation sites excluding steroid dienone is 1. The molecule has 2 aromatic heterocycles. The lowest BCUT2D eigenvalue weighted by molar-refractivity contribution is -0.144. The molecule has 2 saturated carbocycles. The third-order valence-electron chi connectivity index (χ3n) is 9.64. The summed E-state index contributed by atoms with van der Waals surface area (Å²) in [6.07, 6.45) is 8.04. The average Bonchev–Trinajstić information content (AvgIpc) is 3.33. The van der Waals surface area contributed by atoms with E-state index in [2.05, 4.69) is 24.5 Å². The fourth-order valence-corrected chi connectivity index (χ4v) is 7.71. The van der Waals surface area contributed by atoms with Gasteiger partial charge in [-0.15, -0.1) is 11.3 Å². The standard InChI is InChI=1S/C35H42N4O6S/c1-19(2)27-18-46-33(38-27)26-16-29(23-11-12-28(44-4)20(3)30(23)37-26)45-22-14-24-25(15-22)32(41)39-35(34(42)43)17-21(35)10-8-6-5-7-9-13-36-31(24)40/h8,10-12,16,18-19,21-22,24-25H,5-7,9,13-15,17H2,1-4H3,(H,36,40)(H,39,41)(H,42,43)/b10-8-/t21-,22-,24+,25+,35+/m0/s1. The number of methoxy groups -OCH3 is 1. The lowest BCUT2D eigenvalue weighted by atomic mass is 9.93. The first kappa shape index (κ1) is 32.0. The molecule has 6 rings (SSSR count). The lowest BCUT2D eigenvalue weighted by Gasteiger charge is -2.21. The van der Waals surface area contributed by atoms with Gasteiger partial charge >= 0.3 is 5.97 Å². The summed E-state index contributed by atoms with van der Waals surface area (Å²) in [5.41, 5.74) is 1.93. The van der Waals surface area contributed by atoms with Gasteiger partial charge in [0.2, 0.25) is 11.8 Å². The van der Waals surface area contributed by atoms with E-state index < -0.39 is 35.4 Å². The SMILES string of the molecule is COc1ccc2c(O[C@H]3C[C@H]4C(=O)NCCCCC/C=C\[C@H]5C[C@@]5(C(=O)O)NC(=O)[C@@H]4C3)cc(-c3nc(C(C)C)cs3)nc2c1C. The minimum atomic E-state index is -1.33. The molecule has 11 heteroatoms. The number of rotatable bonds is 6. The van der Waals surface area contributed by atoms with Crippen LogP contribution in [-0.4, -0.2) is 58.2 Å². The number of carboxylic acid groups (broad SMARTS) is 1. The highest BCUT2D eigenvalue weighted by Crippen LogP contribution is 2.47. The largest absolute Gasteiger partial charge is 0.496 e. The number of carbonyl (C=O) groups is 3. The molecule has 0 saturated heterocycles. The maximum Gasteiger partial charge on any atom is 0.330 e. The van der Waals surface area contributed by atoms with Gasteiger partial charge in [-0.25, -0.2) is 14.8 Å². The number of nitrogens with zero attached hydrogens (tertiary/aromatic N) is 2. The fourth-order valence-electron chi connectivity index (χ4n) is 6.77. The van der Waals surface area contributed by atoms with Gasteiger partial charge in [-0.1, -0.05) is 32.4 Å². The predicted molar refractivity (Wildman–Crippen MR) is 176 cm³/mol. The fraction of sp³-hybridized carbons (Fsp3) is 0.514. The molecule has 2 aliphatic carbocycles. The summed E-state index contributed by atoms with van der Waals surface area (Å²) in [4.78, 5) is 49.4. The molecule has 3 aliphatic rings. The first-order valence-electron chi connectivity index (χ1n) is 16.2. The number of carbonyl (C=O) groups excluding carboxylic acids is 2. The Balaban J connectivity index is 1.33. The zero-order chi connectivity index (χ0) is 32.6. The molecule has 1 aliphatic heterocycles. The summed E-state index contributed by atoms with van der Waals surface area (Å²) in [6, 6.07) is 5.69. The molecule has 244 valence electrons. The van der Waals surface area contributed by atoms with Crippen LogP contribution in [0.15, 0.2) is 35.7 Å². The van der Waals surface area contributed by atoms with Crippen molar-refractivity contribution in [2.75, 3.05) is 13.7 Å². The quantitative estimate of drug-likeness (QED) is 0.287. The molecular formula is C35H42N4O6S. The molecule has 3 aromatic rings. The van der Waals surface area contributed by atoms with Crippen LogP contribution in [0, 0.1) is 24.7 Å². The summed E-state index contributed by atoms with van der Waals surface area (Å²) in [5, 5.41) is 19.6. The summed E-state index contributed by atoms with van der Waals surface area (Å²) in [5.74, 6) is -1.70. The van der Waals surface area contributed by atoms with E-state index in [0.717, 1.165) is 52.9 Å². The van der Waals surface area contributed by atoms with Gasteiger partial charge in [0, 0.05) is 34.9 Å². The van der Waals surface area contributed by atoms with Gasteiger partial charge in [0.15, 0.2) is 0 Å². The number of ether oxygens (including phenoxy) is 2. The van der Waals surface area contributed by atoms with Crippen molar-refractivity contribution in [3.05, 3.63) is 47.0 Å². The Morgan fingerprint density at radius 1 is 1.09 bits per heavy atom. The third kappa shape index (κ3) is 6.21. The van der Waals surface area contributed by atoms with E-state index in [1.165, 1.54) is 11.3 Å². The summed E-state index contributed by atoms with van der Waals surface area (Å²) < 4.78 is 12.3. The van der Waals surface area contributed by atoms with Crippen LogP contribution in [-0.2, 0) is 14.4 Å². The molecule has 0 unspecified atom stereocenters. The molecule has 3 N–H and O–H groups in total. The third-order valence-corrected chi connectivity index (χ3v) is 10.5. The molecule has 3 heterocycles. The Hall–Kier alpha value is -3.99. The molecule has 1 aromatic carbocycles. The number of aromatic nitrogens is 2. The minimum Gasteiger partial charge on any atom is -0.496 e. The first-order valence-corrected chi connectivity index (χ1v) is 17.1. The van der Waals surface area contributed by atoms with Gasteiger partial charge < -0.3 is 25.2 Å². The van der Waals surface area contributed by atoms with E-state index in [4.69, 9.17) is 19.4 Å². The number of fused-ring (bicyclic) bond motifs is 3. The van der Waals surface area contributed by atoms with Crippen LogP contribution >= 0.6 is 11.3 Å². The van der Waals surface area contributed by atoms with Crippen LogP contribution in [0.2, 0.25) is 0 Å². The van der Waals surface area contributed by atoms with Crippen molar-refractivity contribution in [1.29, 1.82) is 0 Å². The number of thiazole rings is 1. The maximum absolute atomic E-state index is 13.8. The molecule has 2 amide bonds. The number of aryl methyl sites for hydroxylation is 1. The smallest absolute Gasteiger partial charge is 0.330 e. The van der Waals surface area contributed by atoms with Gasteiger partial charge in [-0.2, -0.15) is 0 Å². The molecule has 0 spiro atoms. The first-order chi connectivity index (χ1) is 22.1. The monoisotopic (exact) mass is 646 g/mol. The normalized spacial score (nSPS) is 27.5. The second-order valence-electron chi connectivity index (χ2n) is 13.1. The van der Waals surface area contributed by atoms with Crippen molar-refractivity contribution in [3.8, 4) is 22.2 Å². The van der Waals surface area contributed by atoms with Gasteiger partial charge in [-0.05, 0) is 63.5 Å². The van der Waals surface area contributed by atoms with Crippen molar-refractivity contribution in [3.63, 3.8) is 0 Å². The van der Waals surface area contributed by atoms with Crippen molar-refractivity contribution in [1.82, 2.24) is 20.6 Å². The Labute approximate surface area is 273 Å². The number of nitrogens with one attached hydrogen (secondary N) is 2. The second kappa shape index (κ2) is 13.0. The van der Waals surface area contributed by atoms with Crippen LogP contribution in [0.1, 0.15) is 76.0 Å². The maximum atomic E-state index is 13.8. The van der Waals surface area contributed by atoms with Crippen LogP contribution in [0.4, 0.5) is 0 Å². The molecule has 46 heavy (non-hydrogen) atoms. The highest BCUT2D eigenvalue weighted by Gasteiger charge is 2.61. The topological polar surface area (TPSA) is 140 Å². The van der Waals surface area contributed by atoms with Gasteiger partial charge in [0.05, 0.1) is 30.2 Å². The Morgan fingerprint density at radius 2 is 1.87 bits per heavy atom. The van der Waals surface area contributed by atoms with E-state index in [1.807, 2.05) is 42.7 Å². The number of hydrogen-bond donors (Lipinski definition) is 3. The van der Waals surface area contributed by atoms with Gasteiger partial charge in [0.25, 0.3) is 0 Å². The zero-order valence-corrected chi connectivity index (χ0v) is 27.6. The van der Waals surface area contributed by atoms with Gasteiger partial charge in [-0.3, -0.25) is 9.59 Å². The number of benzene rings is 1. The molecule has 10 nitrogen and oxygen atoms in total. The predicted octanol–water partition coefficient (Wildman–Crippen LogP) is 5.78. The molecule has 5 atom stereocenters. The van der Waals surface area contributed by atoms with E-state index >= 15 is 0 Å². The average molecular weight is 647 g/mol. The van der Waals surface area contributed by atoms with Gasteiger partial charge in [0.1, 0.15) is 33.8 Å². The number of aliphatic carboxylic acids is 1. The number of pyridine rings is 1. The number of carboxylic acids is 1. The van der Waals surface area contributed by atoms with Crippen LogP contribution in [0.5, 0.6) is 11.5 Å². The zero-order valence-electron chi connectivity index (χ0n) is 26.8. The summed E-state index contributed by atoms with van der Waals surface area (Å²) in [7, 11) is 1.63. The summed E-state index contributed by atoms with van der Waals surface area (Å²) in [6.45, 7) is 6.69. The Bertz CT molecular complexity index is 1680. The van der Waals surface area contributed by atoms with Crippen molar-refractivity contribution in [2.24, 2.45) is 17.8 Å². The van der Waals surface area contributed by atoms with Crippen molar-refractivity contribution in [2.45, 2.75) is 83.3 Å². The van der Waals surface area contributed by atoms with Crippen molar-refractivity contribution < 1.29 is 29.0 Å².